The lowest BCUT2D eigenvalue weighted by molar-refractivity contribution is 0.486. The van der Waals surface area contributed by atoms with E-state index in [-0.39, 0.29) is 0 Å². The van der Waals surface area contributed by atoms with Crippen molar-refractivity contribution in [2.45, 2.75) is 25.7 Å². The Bertz CT molecular complexity index is 703. The first-order chi connectivity index (χ1) is 11.7. The van der Waals surface area contributed by atoms with Gasteiger partial charge in [0, 0.05) is 45.8 Å². The van der Waals surface area contributed by atoms with Crippen molar-refractivity contribution in [3.8, 4) is 0 Å². The van der Waals surface area contributed by atoms with Crippen LogP contribution in [0, 0.1) is 6.92 Å². The van der Waals surface area contributed by atoms with Gasteiger partial charge in [0.05, 0.1) is 6.20 Å². The molecule has 0 aliphatic carbocycles. The lowest BCUT2D eigenvalue weighted by Crippen LogP contribution is -2.40. The molecular weight excluding hydrogens is 298 g/mol. The Hall–Kier alpha value is -2.30. The Morgan fingerprint density at radius 2 is 2.29 bits per heavy atom. The monoisotopic (exact) mass is 325 g/mol. The number of hydrogen-bond donors (Lipinski definition) is 1. The number of benzene rings is 1. The van der Waals surface area contributed by atoms with E-state index in [0.29, 0.717) is 5.92 Å². The summed E-state index contributed by atoms with van der Waals surface area (Å²) in [6, 6.07) is 8.70. The molecule has 1 fully saturated rings. The van der Waals surface area contributed by atoms with Crippen LogP contribution in [0.25, 0.3) is 0 Å². The molecule has 1 aromatic heterocycles. The van der Waals surface area contributed by atoms with E-state index < -0.39 is 0 Å². The summed E-state index contributed by atoms with van der Waals surface area (Å²) >= 11 is 0. The summed E-state index contributed by atoms with van der Waals surface area (Å²) < 4.78 is 1.88. The first kappa shape index (κ1) is 16.6. The third-order valence-electron chi connectivity index (χ3n) is 4.68. The molecule has 128 valence electrons. The summed E-state index contributed by atoms with van der Waals surface area (Å²) in [6.07, 6.45) is 6.29. The van der Waals surface area contributed by atoms with Gasteiger partial charge in [-0.2, -0.15) is 5.10 Å². The summed E-state index contributed by atoms with van der Waals surface area (Å²) in [5, 5.41) is 7.81. The van der Waals surface area contributed by atoms with Gasteiger partial charge in [0.2, 0.25) is 0 Å². The van der Waals surface area contributed by atoms with Crippen LogP contribution in [0.1, 0.15) is 29.0 Å². The predicted octanol–water partition coefficient (Wildman–Crippen LogP) is 2.34. The van der Waals surface area contributed by atoms with Crippen LogP contribution in [-0.4, -0.2) is 47.3 Å². The lowest BCUT2D eigenvalue weighted by Gasteiger charge is -2.21. The number of likely N-dealkylation sites (tertiary alicyclic amines) is 1. The highest BCUT2D eigenvalue weighted by Gasteiger charge is 2.26. The zero-order valence-corrected chi connectivity index (χ0v) is 14.9. The van der Waals surface area contributed by atoms with Gasteiger partial charge in [-0.3, -0.25) is 9.67 Å². The summed E-state index contributed by atoms with van der Waals surface area (Å²) in [7, 11) is 3.84. The Kier molecular flexibility index (Phi) is 5.18. The predicted molar refractivity (Wildman–Crippen MR) is 98.4 cm³/mol. The molecule has 1 aromatic carbocycles. The molecule has 1 saturated heterocycles. The van der Waals surface area contributed by atoms with Crippen molar-refractivity contribution in [1.82, 2.24) is 20.0 Å². The van der Waals surface area contributed by atoms with E-state index in [9.17, 15) is 0 Å². The van der Waals surface area contributed by atoms with E-state index in [1.54, 1.807) is 0 Å². The van der Waals surface area contributed by atoms with Crippen molar-refractivity contribution in [3.63, 3.8) is 0 Å². The maximum atomic E-state index is 4.46. The van der Waals surface area contributed by atoms with Crippen LogP contribution in [0.4, 0.5) is 0 Å². The van der Waals surface area contributed by atoms with E-state index in [4.69, 9.17) is 0 Å². The molecule has 0 spiro atoms. The molecule has 5 heteroatoms. The minimum atomic E-state index is 0.550. The van der Waals surface area contributed by atoms with E-state index in [0.717, 1.165) is 38.4 Å². The molecule has 0 bridgehead atoms. The molecule has 1 aliphatic heterocycles. The van der Waals surface area contributed by atoms with Crippen molar-refractivity contribution < 1.29 is 0 Å². The van der Waals surface area contributed by atoms with Crippen LogP contribution >= 0.6 is 0 Å². The molecule has 1 aliphatic rings. The number of aromatic nitrogens is 2. The van der Waals surface area contributed by atoms with Gasteiger partial charge in [0.25, 0.3) is 0 Å². The van der Waals surface area contributed by atoms with Crippen molar-refractivity contribution in [2.24, 2.45) is 12.0 Å². The molecule has 0 saturated carbocycles. The van der Waals surface area contributed by atoms with Crippen LogP contribution in [-0.2, 0) is 13.5 Å². The van der Waals surface area contributed by atoms with Crippen LogP contribution < -0.4 is 5.32 Å². The maximum Gasteiger partial charge on any atom is 0.193 e. The van der Waals surface area contributed by atoms with Crippen LogP contribution in [0.15, 0.2) is 41.7 Å². The first-order valence-corrected chi connectivity index (χ1v) is 8.65. The van der Waals surface area contributed by atoms with Gasteiger partial charge in [0.15, 0.2) is 5.96 Å². The third-order valence-corrected chi connectivity index (χ3v) is 4.68. The summed E-state index contributed by atoms with van der Waals surface area (Å²) in [6.45, 7) is 5.10. The highest BCUT2D eigenvalue weighted by Crippen LogP contribution is 2.26. The summed E-state index contributed by atoms with van der Waals surface area (Å²) in [5.41, 5.74) is 4.01. The van der Waals surface area contributed by atoms with Gasteiger partial charge >= 0.3 is 0 Å². The molecule has 24 heavy (non-hydrogen) atoms. The van der Waals surface area contributed by atoms with Crippen molar-refractivity contribution in [1.29, 1.82) is 0 Å². The molecule has 1 atom stereocenters. The normalized spacial score (nSPS) is 18.2. The number of hydrogen-bond acceptors (Lipinski definition) is 2. The van der Waals surface area contributed by atoms with E-state index in [1.165, 1.54) is 16.7 Å². The number of aliphatic imine (C=N–C) groups is 1. The molecule has 2 aromatic rings. The first-order valence-electron chi connectivity index (χ1n) is 8.65. The van der Waals surface area contributed by atoms with Crippen LogP contribution in [0.3, 0.4) is 0 Å². The Morgan fingerprint density at radius 1 is 1.42 bits per heavy atom. The smallest absolute Gasteiger partial charge is 0.193 e. The second-order valence-corrected chi connectivity index (χ2v) is 6.59. The average Bonchev–Trinajstić information content (AvgIpc) is 3.20. The molecule has 3 rings (SSSR count). The maximum absolute atomic E-state index is 4.46. The molecular formula is C19H27N5. The number of aryl methyl sites for hydroxylation is 2. The Morgan fingerprint density at radius 3 is 3.00 bits per heavy atom. The van der Waals surface area contributed by atoms with E-state index in [1.807, 2.05) is 25.0 Å². The van der Waals surface area contributed by atoms with Crippen molar-refractivity contribution in [3.05, 3.63) is 53.3 Å². The van der Waals surface area contributed by atoms with E-state index in [2.05, 4.69) is 57.7 Å². The number of guanidine groups is 1. The van der Waals surface area contributed by atoms with Gasteiger partial charge in [-0.05, 0) is 30.9 Å². The second kappa shape index (κ2) is 7.51. The topological polar surface area (TPSA) is 45.5 Å². The quantitative estimate of drug-likeness (QED) is 0.693. The van der Waals surface area contributed by atoms with E-state index >= 15 is 0 Å². The molecule has 5 nitrogen and oxygen atoms in total. The van der Waals surface area contributed by atoms with Gasteiger partial charge in [-0.25, -0.2) is 0 Å². The Labute approximate surface area is 144 Å². The standard InChI is InChI=1S/C19H27N5/c1-15-5-4-6-16(11-15)7-9-21-19(20-2)24-10-8-17(14-24)18-12-22-23(3)13-18/h4-6,11-13,17H,7-10,14H2,1-3H3,(H,20,21). The van der Waals surface area contributed by atoms with Gasteiger partial charge < -0.3 is 10.2 Å². The number of nitrogens with zero attached hydrogens (tertiary/aromatic N) is 4. The highest BCUT2D eigenvalue weighted by atomic mass is 15.3. The van der Waals surface area contributed by atoms with Crippen molar-refractivity contribution in [2.75, 3.05) is 26.7 Å². The zero-order valence-electron chi connectivity index (χ0n) is 14.9. The molecule has 0 amide bonds. The van der Waals surface area contributed by atoms with Gasteiger partial charge in [0.1, 0.15) is 0 Å². The summed E-state index contributed by atoms with van der Waals surface area (Å²) in [4.78, 5) is 6.82. The largest absolute Gasteiger partial charge is 0.356 e. The minimum Gasteiger partial charge on any atom is -0.356 e. The third kappa shape index (κ3) is 3.96. The van der Waals surface area contributed by atoms with Crippen LogP contribution in [0.5, 0.6) is 0 Å². The molecule has 1 N–H and O–H groups in total. The van der Waals surface area contributed by atoms with Gasteiger partial charge in [-0.15, -0.1) is 0 Å². The fourth-order valence-electron chi connectivity index (χ4n) is 3.39. The molecule has 1 unspecified atom stereocenters. The number of nitrogens with one attached hydrogen (secondary N) is 1. The SMILES string of the molecule is CN=C(NCCc1cccc(C)c1)N1CCC(c2cnn(C)c2)C1. The second-order valence-electron chi connectivity index (χ2n) is 6.59. The van der Waals surface area contributed by atoms with Crippen LogP contribution in [0.2, 0.25) is 0 Å². The highest BCUT2D eigenvalue weighted by molar-refractivity contribution is 5.80. The Balaban J connectivity index is 1.52. The number of rotatable bonds is 4. The van der Waals surface area contributed by atoms with Crippen molar-refractivity contribution >= 4 is 5.96 Å². The average molecular weight is 325 g/mol. The fourth-order valence-corrected chi connectivity index (χ4v) is 3.39. The zero-order chi connectivity index (χ0) is 16.9. The summed E-state index contributed by atoms with van der Waals surface area (Å²) in [5.74, 6) is 1.56. The fraction of sp³-hybridized carbons (Fsp3) is 0.474. The lowest BCUT2D eigenvalue weighted by atomic mass is 10.0. The molecule has 2 heterocycles. The minimum absolute atomic E-state index is 0.550. The molecule has 0 radical (unpaired) electrons. The van der Waals surface area contributed by atoms with Gasteiger partial charge in [-0.1, -0.05) is 29.8 Å².